The first-order valence-electron chi connectivity index (χ1n) is 15.5. The number of rotatable bonds is 5. The Bertz CT molecular complexity index is 1970. The number of piperazine rings is 1. The minimum Gasteiger partial charge on any atom is -0.507 e. The van der Waals surface area contributed by atoms with Crippen LogP contribution < -0.4 is 15.5 Å². The fourth-order valence-electron chi connectivity index (χ4n) is 6.90. The van der Waals surface area contributed by atoms with E-state index in [1.807, 2.05) is 39.5 Å². The monoisotopic (exact) mass is 663 g/mol. The number of hydrogen-bond donors (Lipinski definition) is 1. The van der Waals surface area contributed by atoms with E-state index in [4.69, 9.17) is 11.6 Å². The van der Waals surface area contributed by atoms with Crippen LogP contribution in [0.5, 0.6) is 5.75 Å². The zero-order chi connectivity index (χ0) is 34.1. The van der Waals surface area contributed by atoms with E-state index in [9.17, 15) is 14.7 Å². The van der Waals surface area contributed by atoms with Crippen molar-refractivity contribution in [1.82, 2.24) is 24.4 Å². The maximum absolute atomic E-state index is 17.2. The number of phenols is 1. The van der Waals surface area contributed by atoms with E-state index in [2.05, 4.69) is 21.5 Å². The molecule has 2 aliphatic heterocycles. The maximum Gasteiger partial charge on any atom is 0.354 e. The molecule has 1 fully saturated rings. The van der Waals surface area contributed by atoms with Crippen molar-refractivity contribution in [2.75, 3.05) is 36.5 Å². The second-order valence-corrected chi connectivity index (χ2v) is 13.2. The van der Waals surface area contributed by atoms with Gasteiger partial charge in [-0.15, -0.1) is 0 Å². The molecule has 2 aromatic heterocycles. The van der Waals surface area contributed by atoms with Crippen molar-refractivity contribution in [3.8, 4) is 22.6 Å². The summed E-state index contributed by atoms with van der Waals surface area (Å²) < 4.78 is 34.0. The molecule has 47 heavy (non-hydrogen) atoms. The van der Waals surface area contributed by atoms with Crippen LogP contribution in [0.2, 0.25) is 5.02 Å². The zero-order valence-electron chi connectivity index (χ0n) is 27.1. The normalized spacial score (nSPS) is 17.8. The van der Waals surface area contributed by atoms with Crippen molar-refractivity contribution < 1.29 is 18.7 Å². The second-order valence-electron chi connectivity index (χ2n) is 12.8. The summed E-state index contributed by atoms with van der Waals surface area (Å²) in [6.45, 7) is 14.0. The summed E-state index contributed by atoms with van der Waals surface area (Å²) >= 11 is 7.18. The number of amides is 1. The Labute approximate surface area is 275 Å². The molecule has 2 aliphatic rings. The lowest BCUT2D eigenvalue weighted by Crippen LogP contribution is -2.61. The molecule has 4 heterocycles. The summed E-state index contributed by atoms with van der Waals surface area (Å²) in [6, 6.07) is 2.96. The van der Waals surface area contributed by atoms with Gasteiger partial charge in [0.05, 0.1) is 50.3 Å². The van der Waals surface area contributed by atoms with Gasteiger partial charge in [-0.1, -0.05) is 51.9 Å². The molecule has 2 aromatic carbocycles. The molecule has 1 amide bonds. The van der Waals surface area contributed by atoms with E-state index >= 15 is 8.78 Å². The minimum absolute atomic E-state index is 0.0241. The smallest absolute Gasteiger partial charge is 0.354 e. The van der Waals surface area contributed by atoms with Crippen molar-refractivity contribution in [3.63, 3.8) is 0 Å². The van der Waals surface area contributed by atoms with Crippen LogP contribution in [0.3, 0.4) is 0 Å². The number of halogens is 3. The Morgan fingerprint density at radius 2 is 1.72 bits per heavy atom. The number of fused-ring (bicyclic) bond motifs is 2. The van der Waals surface area contributed by atoms with E-state index in [1.54, 1.807) is 16.8 Å². The highest BCUT2D eigenvalue weighted by Crippen LogP contribution is 2.50. The standard InChI is InChI=1S/C34H36ClF2N7O3/c1-8-22(46)42-14-19-13-41(7)31-25-30(26(35)24(27(31)37)23-20(36)10-9-11-21(23)45)44(34(47)40-33(25)43(19)12-18(42)6)32-28(16(2)3)38-15-39-29(32)17(4)5/h8-11,15-19,45H,1,12-14H2,2-7H3. The summed E-state index contributed by atoms with van der Waals surface area (Å²) in [4.78, 5) is 46.2. The average Bonchev–Trinajstić information content (AvgIpc) is 3.13. The Hall–Kier alpha value is -4.58. The van der Waals surface area contributed by atoms with Gasteiger partial charge in [-0.25, -0.2) is 23.5 Å². The number of likely N-dealkylation sites (N-methyl/N-ethyl adjacent to an activating group) is 1. The highest BCUT2D eigenvalue weighted by Gasteiger charge is 2.41. The molecular formula is C34H36ClF2N7O3. The molecular weight excluding hydrogens is 628 g/mol. The molecule has 0 bridgehead atoms. The van der Waals surface area contributed by atoms with E-state index in [0.717, 1.165) is 6.07 Å². The lowest BCUT2D eigenvalue weighted by atomic mass is 9.97. The third kappa shape index (κ3) is 5.00. The lowest BCUT2D eigenvalue weighted by Gasteiger charge is -2.45. The van der Waals surface area contributed by atoms with Crippen molar-refractivity contribution in [2.45, 2.75) is 58.5 Å². The number of phenolic OH excluding ortho intramolecular Hbond substituents is 1. The molecule has 4 aromatic rings. The van der Waals surface area contributed by atoms with Gasteiger partial charge in [0.15, 0.2) is 5.82 Å². The third-order valence-corrected chi connectivity index (χ3v) is 9.41. The second kappa shape index (κ2) is 11.9. The number of aromatic nitrogens is 4. The fourth-order valence-corrected chi connectivity index (χ4v) is 7.25. The highest BCUT2D eigenvalue weighted by atomic mass is 35.5. The number of carbonyl (C=O) groups excluding carboxylic acids is 1. The van der Waals surface area contributed by atoms with Crippen LogP contribution in [-0.2, 0) is 4.79 Å². The zero-order valence-corrected chi connectivity index (χ0v) is 27.8. The molecule has 2 unspecified atom stereocenters. The van der Waals surface area contributed by atoms with E-state index in [1.165, 1.54) is 29.1 Å². The van der Waals surface area contributed by atoms with Gasteiger partial charge in [-0.05, 0) is 37.0 Å². The number of nitrogens with zero attached hydrogens (tertiary/aromatic N) is 7. The topological polar surface area (TPSA) is 108 Å². The first-order chi connectivity index (χ1) is 22.3. The summed E-state index contributed by atoms with van der Waals surface area (Å²) in [5, 5.41) is 10.8. The van der Waals surface area contributed by atoms with Gasteiger partial charge in [0.1, 0.15) is 23.7 Å². The molecule has 10 nitrogen and oxygen atoms in total. The van der Waals surface area contributed by atoms with Crippen molar-refractivity contribution in [1.29, 1.82) is 0 Å². The van der Waals surface area contributed by atoms with Gasteiger partial charge in [-0.2, -0.15) is 4.98 Å². The third-order valence-electron chi connectivity index (χ3n) is 9.04. The number of carbonyl (C=O) groups is 1. The van der Waals surface area contributed by atoms with Crippen molar-refractivity contribution >= 4 is 39.9 Å². The van der Waals surface area contributed by atoms with Gasteiger partial charge in [0.2, 0.25) is 5.91 Å². The molecule has 13 heteroatoms. The molecule has 1 saturated heterocycles. The Morgan fingerprint density at radius 1 is 1.06 bits per heavy atom. The number of hydrogen-bond acceptors (Lipinski definition) is 8. The molecule has 0 spiro atoms. The van der Waals surface area contributed by atoms with E-state index < -0.39 is 40.2 Å². The minimum atomic E-state index is -0.893. The van der Waals surface area contributed by atoms with E-state index in [0.29, 0.717) is 23.6 Å². The molecule has 246 valence electrons. The Balaban J connectivity index is 1.82. The Morgan fingerprint density at radius 3 is 2.32 bits per heavy atom. The predicted molar refractivity (Wildman–Crippen MR) is 179 cm³/mol. The van der Waals surface area contributed by atoms with Crippen LogP contribution in [0.4, 0.5) is 20.3 Å². The maximum atomic E-state index is 17.2. The van der Waals surface area contributed by atoms with E-state index in [-0.39, 0.29) is 64.3 Å². The number of aromatic hydroxyl groups is 1. The van der Waals surface area contributed by atoms with Gasteiger partial charge in [0, 0.05) is 38.3 Å². The lowest BCUT2D eigenvalue weighted by molar-refractivity contribution is -0.128. The van der Waals surface area contributed by atoms with Gasteiger partial charge in [-0.3, -0.25) is 9.36 Å². The van der Waals surface area contributed by atoms with Crippen LogP contribution in [0, 0.1) is 11.6 Å². The quantitative estimate of drug-likeness (QED) is 0.268. The van der Waals surface area contributed by atoms with Crippen molar-refractivity contribution in [2.24, 2.45) is 0 Å². The van der Waals surface area contributed by atoms with Gasteiger partial charge >= 0.3 is 5.69 Å². The van der Waals surface area contributed by atoms with Crippen LogP contribution in [-0.4, -0.2) is 74.2 Å². The first kappa shape index (κ1) is 32.4. The Kier molecular flexibility index (Phi) is 8.19. The van der Waals surface area contributed by atoms with Crippen LogP contribution in [0.15, 0.2) is 42.0 Å². The van der Waals surface area contributed by atoms with Crippen LogP contribution in [0.1, 0.15) is 57.8 Å². The molecule has 6 rings (SSSR count). The molecule has 1 N–H and O–H groups in total. The fraction of sp³-hybridized carbons (Fsp3) is 0.382. The highest BCUT2D eigenvalue weighted by molar-refractivity contribution is 6.39. The summed E-state index contributed by atoms with van der Waals surface area (Å²) in [7, 11) is 1.68. The number of benzene rings is 2. The predicted octanol–water partition coefficient (Wildman–Crippen LogP) is 5.77. The largest absolute Gasteiger partial charge is 0.507 e. The average molecular weight is 664 g/mol. The first-order valence-corrected chi connectivity index (χ1v) is 15.9. The van der Waals surface area contributed by atoms with Crippen molar-refractivity contribution in [3.05, 3.63) is 75.7 Å². The molecule has 0 saturated carbocycles. The molecule has 0 radical (unpaired) electrons. The summed E-state index contributed by atoms with van der Waals surface area (Å²) in [5.41, 5.74) is 0.0190. The van der Waals surface area contributed by atoms with Crippen LogP contribution >= 0.6 is 11.6 Å². The summed E-state index contributed by atoms with van der Waals surface area (Å²) in [6.07, 6.45) is 2.70. The molecule has 0 aliphatic carbocycles. The summed E-state index contributed by atoms with van der Waals surface area (Å²) in [5.74, 6) is -2.68. The van der Waals surface area contributed by atoms with Gasteiger partial charge < -0.3 is 19.8 Å². The van der Waals surface area contributed by atoms with Crippen LogP contribution in [0.25, 0.3) is 27.7 Å². The SMILES string of the molecule is C=CC(=O)N1CC2CN(C)c3c(F)c(-c4c(O)cccc4F)c(Cl)c4c3c(nc(=O)n4-c3c(C(C)C)ncnc3C(C)C)N2CC1C. The van der Waals surface area contributed by atoms with Gasteiger partial charge in [0.25, 0.3) is 0 Å². The molecule has 2 atom stereocenters. The number of anilines is 2.